The molecule has 0 fully saturated rings. The molecule has 0 saturated carbocycles. The second-order valence-electron chi connectivity index (χ2n) is 10.1. The van der Waals surface area contributed by atoms with E-state index in [-0.39, 0.29) is 36.6 Å². The first kappa shape index (κ1) is 24.0. The van der Waals surface area contributed by atoms with E-state index in [0.717, 1.165) is 16.0 Å². The Morgan fingerprint density at radius 3 is 2.28 bits per heavy atom. The highest BCUT2D eigenvalue weighted by Gasteiger charge is 2.71. The molecule has 1 atom stereocenters. The van der Waals surface area contributed by atoms with E-state index < -0.39 is 40.3 Å². The molecule has 8 heteroatoms. The van der Waals surface area contributed by atoms with Crippen LogP contribution in [0, 0.1) is 25.2 Å². The second kappa shape index (κ2) is 7.74. The van der Waals surface area contributed by atoms with E-state index in [2.05, 4.69) is 0 Å². The number of Topliss-reactive ketones (excluding diaryl/α,β-unsaturated/α-hetero) is 1. The Morgan fingerprint density at radius 2 is 1.75 bits per heavy atom. The zero-order chi connectivity index (χ0) is 24.2. The van der Waals surface area contributed by atoms with Gasteiger partial charge in [-0.25, -0.2) is 0 Å². The number of benzene rings is 1. The smallest absolute Gasteiger partial charge is 0.330 e. The molecule has 1 aromatic rings. The lowest BCUT2D eigenvalue weighted by atomic mass is 9.72. The zero-order valence-electron chi connectivity index (χ0n) is 19.2. The molecular weight excluding hydrogens is 421 g/mol. The number of hydrogen-bond acceptors (Lipinski definition) is 3. The molecule has 1 heterocycles. The molecule has 2 amide bonds. The van der Waals surface area contributed by atoms with Gasteiger partial charge in [-0.2, -0.15) is 13.2 Å². The summed E-state index contributed by atoms with van der Waals surface area (Å²) in [4.78, 5) is 40.3. The van der Waals surface area contributed by atoms with Crippen LogP contribution in [0.1, 0.15) is 58.1 Å². The number of carbonyl (C=O) groups is 3. The molecule has 5 nitrogen and oxygen atoms in total. The minimum atomic E-state index is -5.19. The third-order valence-electron chi connectivity index (χ3n) is 6.12. The van der Waals surface area contributed by atoms with Crippen molar-refractivity contribution in [3.63, 3.8) is 0 Å². The lowest BCUT2D eigenvalue weighted by Crippen LogP contribution is -2.66. The topological polar surface area (TPSA) is 66.5 Å². The molecular formula is C24H29F3N2O3. The lowest BCUT2D eigenvalue weighted by molar-refractivity contribution is -0.190. The van der Waals surface area contributed by atoms with Gasteiger partial charge in [0, 0.05) is 24.2 Å². The SMILES string of the molecule is Cc1ccc(N2C(=O)[C@@](NC(=O)CC(C)C)(C(F)(F)F)C3=C2CC(C)(C)CC3=O)cc1C. The van der Waals surface area contributed by atoms with Crippen LogP contribution in [0.3, 0.4) is 0 Å². The van der Waals surface area contributed by atoms with Crippen molar-refractivity contribution in [1.82, 2.24) is 5.32 Å². The van der Waals surface area contributed by atoms with Crippen LogP contribution in [0.5, 0.6) is 0 Å². The number of allylic oxidation sites excluding steroid dienone is 1. The number of carbonyl (C=O) groups excluding carboxylic acids is 3. The van der Waals surface area contributed by atoms with E-state index in [0.29, 0.717) is 0 Å². The van der Waals surface area contributed by atoms with Crippen LogP contribution in [0.4, 0.5) is 18.9 Å². The maximum Gasteiger partial charge on any atom is 0.425 e. The fourth-order valence-electron chi connectivity index (χ4n) is 4.52. The average Bonchev–Trinajstić information content (AvgIpc) is 2.84. The summed E-state index contributed by atoms with van der Waals surface area (Å²) in [5.74, 6) is -3.27. The Balaban J connectivity index is 2.28. The van der Waals surface area contributed by atoms with Gasteiger partial charge in [0.25, 0.3) is 5.91 Å². The Labute approximate surface area is 186 Å². The summed E-state index contributed by atoms with van der Waals surface area (Å²) in [6.07, 6.45) is -5.43. The van der Waals surface area contributed by atoms with Gasteiger partial charge < -0.3 is 5.32 Å². The molecule has 3 rings (SSSR count). The van der Waals surface area contributed by atoms with Crippen molar-refractivity contribution in [2.24, 2.45) is 11.3 Å². The number of nitrogens with zero attached hydrogens (tertiary/aromatic N) is 1. The van der Waals surface area contributed by atoms with Gasteiger partial charge in [-0.05, 0) is 54.9 Å². The Kier molecular flexibility index (Phi) is 5.81. The number of hydrogen-bond donors (Lipinski definition) is 1. The molecule has 1 aliphatic carbocycles. The monoisotopic (exact) mass is 450 g/mol. The van der Waals surface area contributed by atoms with Crippen LogP contribution in [0.15, 0.2) is 29.5 Å². The minimum absolute atomic E-state index is 0.0154. The van der Waals surface area contributed by atoms with Gasteiger partial charge in [0.15, 0.2) is 5.78 Å². The third kappa shape index (κ3) is 3.84. The first-order valence-corrected chi connectivity index (χ1v) is 10.7. The predicted molar refractivity (Wildman–Crippen MR) is 115 cm³/mol. The van der Waals surface area contributed by atoms with Crippen molar-refractivity contribution in [1.29, 1.82) is 0 Å². The summed E-state index contributed by atoms with van der Waals surface area (Å²) in [5, 5.41) is 1.96. The van der Waals surface area contributed by atoms with Crippen molar-refractivity contribution in [2.45, 2.75) is 72.5 Å². The first-order valence-electron chi connectivity index (χ1n) is 10.7. The summed E-state index contributed by atoms with van der Waals surface area (Å²) in [7, 11) is 0. The quantitative estimate of drug-likeness (QED) is 0.720. The number of amides is 2. The number of rotatable bonds is 4. The van der Waals surface area contributed by atoms with Crippen molar-refractivity contribution >= 4 is 23.3 Å². The van der Waals surface area contributed by atoms with E-state index in [1.165, 1.54) is 0 Å². The Bertz CT molecular complexity index is 1020. The molecule has 0 bridgehead atoms. The fourth-order valence-corrected chi connectivity index (χ4v) is 4.52. The van der Waals surface area contributed by atoms with Crippen LogP contribution < -0.4 is 10.2 Å². The van der Waals surface area contributed by atoms with Crippen molar-refractivity contribution in [3.05, 3.63) is 40.6 Å². The number of alkyl halides is 3. The molecule has 2 aliphatic rings. The summed E-state index contributed by atoms with van der Waals surface area (Å²) >= 11 is 0. The molecule has 32 heavy (non-hydrogen) atoms. The number of halogens is 3. The molecule has 1 aromatic carbocycles. The largest absolute Gasteiger partial charge is 0.425 e. The van der Waals surface area contributed by atoms with Gasteiger partial charge in [0.2, 0.25) is 11.4 Å². The van der Waals surface area contributed by atoms with E-state index in [1.54, 1.807) is 52.8 Å². The Morgan fingerprint density at radius 1 is 1.12 bits per heavy atom. The Hall–Kier alpha value is -2.64. The van der Waals surface area contributed by atoms with Crippen molar-refractivity contribution in [3.8, 4) is 0 Å². The average molecular weight is 451 g/mol. The maximum absolute atomic E-state index is 14.7. The summed E-state index contributed by atoms with van der Waals surface area (Å²) < 4.78 is 44.1. The lowest BCUT2D eigenvalue weighted by Gasteiger charge is -2.35. The fraction of sp³-hybridized carbons (Fsp3) is 0.542. The van der Waals surface area contributed by atoms with Gasteiger partial charge in [-0.15, -0.1) is 0 Å². The standard InChI is InChI=1S/C24H29F3N2O3/c1-13(2)9-19(31)28-23(24(25,26)27)20-17(11-22(5,6)12-18(20)30)29(21(23)32)16-8-7-14(3)15(4)10-16/h7-8,10,13H,9,11-12H2,1-6H3,(H,28,31)/t23-/m1/s1. The molecule has 0 spiro atoms. The minimum Gasteiger partial charge on any atom is -0.330 e. The molecule has 1 aliphatic heterocycles. The van der Waals surface area contributed by atoms with E-state index in [9.17, 15) is 27.6 Å². The first-order chi connectivity index (χ1) is 14.6. The molecule has 174 valence electrons. The molecule has 0 saturated heterocycles. The van der Waals surface area contributed by atoms with Gasteiger partial charge in [-0.3, -0.25) is 19.3 Å². The molecule has 0 radical (unpaired) electrons. The van der Waals surface area contributed by atoms with Crippen molar-refractivity contribution < 1.29 is 27.6 Å². The predicted octanol–water partition coefficient (Wildman–Crippen LogP) is 4.76. The van der Waals surface area contributed by atoms with Crippen LogP contribution in [0.2, 0.25) is 0 Å². The van der Waals surface area contributed by atoms with Crippen LogP contribution in [-0.2, 0) is 14.4 Å². The summed E-state index contributed by atoms with van der Waals surface area (Å²) in [6, 6.07) is 4.92. The number of ketones is 1. The number of anilines is 1. The highest BCUT2D eigenvalue weighted by Crippen LogP contribution is 2.52. The van der Waals surface area contributed by atoms with E-state index in [1.807, 2.05) is 12.2 Å². The van der Waals surface area contributed by atoms with Gasteiger partial charge in [-0.1, -0.05) is 33.8 Å². The number of aryl methyl sites for hydroxylation is 2. The highest BCUT2D eigenvalue weighted by atomic mass is 19.4. The van der Waals surface area contributed by atoms with Gasteiger partial charge in [0.1, 0.15) is 0 Å². The number of nitrogens with one attached hydrogen (secondary N) is 1. The van der Waals surface area contributed by atoms with Crippen LogP contribution in [-0.4, -0.2) is 29.3 Å². The van der Waals surface area contributed by atoms with E-state index >= 15 is 0 Å². The van der Waals surface area contributed by atoms with Crippen LogP contribution >= 0.6 is 0 Å². The molecule has 1 N–H and O–H groups in total. The maximum atomic E-state index is 14.7. The van der Waals surface area contributed by atoms with E-state index in [4.69, 9.17) is 0 Å². The molecule has 0 aromatic heterocycles. The van der Waals surface area contributed by atoms with Crippen molar-refractivity contribution in [2.75, 3.05) is 4.90 Å². The third-order valence-corrected chi connectivity index (χ3v) is 6.12. The summed E-state index contributed by atoms with van der Waals surface area (Å²) in [5.41, 5.74) is -2.68. The highest BCUT2D eigenvalue weighted by molar-refractivity contribution is 6.20. The van der Waals surface area contributed by atoms with Crippen LogP contribution in [0.25, 0.3) is 0 Å². The summed E-state index contributed by atoms with van der Waals surface area (Å²) in [6.45, 7) is 10.6. The van der Waals surface area contributed by atoms with Gasteiger partial charge >= 0.3 is 6.18 Å². The zero-order valence-corrected chi connectivity index (χ0v) is 19.2. The normalized spacial score (nSPS) is 23.1. The second-order valence-corrected chi connectivity index (χ2v) is 10.1. The van der Waals surface area contributed by atoms with Gasteiger partial charge in [0.05, 0.1) is 5.57 Å². The molecule has 0 unspecified atom stereocenters.